The van der Waals surface area contributed by atoms with Crippen molar-refractivity contribution < 1.29 is 39.9 Å². The molecule has 0 amide bonds. The van der Waals surface area contributed by atoms with Gasteiger partial charge in [0.15, 0.2) is 5.78 Å². The molecule has 1 unspecified atom stereocenters. The molecule has 154 valence electrons. The molecule has 8 heteroatoms. The monoisotopic (exact) mass is 378 g/mol. The van der Waals surface area contributed by atoms with Gasteiger partial charge in [0.2, 0.25) is 0 Å². The third-order valence-corrected chi connectivity index (χ3v) is 4.17. The Morgan fingerprint density at radius 3 is 1.85 bits per heavy atom. The molecule has 0 aromatic heterocycles. The minimum Gasteiger partial charge on any atom is -0.463 e. The Bertz CT molecular complexity index is 401. The van der Waals surface area contributed by atoms with Crippen LogP contribution in [0, 0.1) is 0 Å². The fourth-order valence-electron chi connectivity index (χ4n) is 2.37. The molecular weight excluding hydrogens is 344 g/mol. The number of unbranched alkanes of at least 4 members (excludes halogenated alkanes) is 4. The number of ketones is 1. The lowest BCUT2D eigenvalue weighted by atomic mass is 9.95. The summed E-state index contributed by atoms with van der Waals surface area (Å²) in [7, 11) is 0. The van der Waals surface area contributed by atoms with E-state index in [9.17, 15) is 35.1 Å². The van der Waals surface area contributed by atoms with Gasteiger partial charge in [0, 0.05) is 12.8 Å². The van der Waals surface area contributed by atoms with Gasteiger partial charge in [-0.2, -0.15) is 0 Å². The molecule has 0 aromatic carbocycles. The van der Waals surface area contributed by atoms with Crippen LogP contribution < -0.4 is 0 Å². The summed E-state index contributed by atoms with van der Waals surface area (Å²) < 4.78 is 4.80. The molecule has 0 heterocycles. The minimum absolute atomic E-state index is 0.0484. The van der Waals surface area contributed by atoms with Crippen LogP contribution in [0.4, 0.5) is 0 Å². The molecule has 0 aliphatic carbocycles. The van der Waals surface area contributed by atoms with Crippen LogP contribution in [0.25, 0.3) is 0 Å². The van der Waals surface area contributed by atoms with Crippen molar-refractivity contribution in [2.45, 2.75) is 95.7 Å². The highest BCUT2D eigenvalue weighted by Gasteiger charge is 2.37. The largest absolute Gasteiger partial charge is 0.463 e. The van der Waals surface area contributed by atoms with Crippen molar-refractivity contribution in [3.8, 4) is 0 Å². The standard InChI is InChI=1S/C18H34O8/c1-3-5-7-9-12(19)15(22)17(24)18(25)16(23)13(20)11-26-14(21)10-8-6-4-2/h13,15-18,20,22-25H,3-11H2,1-2H3/t13-,15?,16+,17-,18+/m0/s1. The second-order valence-electron chi connectivity index (χ2n) is 6.55. The first kappa shape index (κ1) is 24.9. The first-order valence-corrected chi connectivity index (χ1v) is 9.34. The van der Waals surface area contributed by atoms with Gasteiger partial charge in [-0.05, 0) is 12.8 Å². The Morgan fingerprint density at radius 2 is 1.31 bits per heavy atom. The SMILES string of the molecule is CCCCCC(=O)OC[C@H](O)[C@@H](O)[C@@H](O)[C@@H](O)C(O)C(=O)CCCCC. The van der Waals surface area contributed by atoms with Crippen LogP contribution in [0.5, 0.6) is 0 Å². The number of carbonyl (C=O) groups excluding carboxylic acids is 2. The van der Waals surface area contributed by atoms with E-state index in [2.05, 4.69) is 0 Å². The molecule has 0 spiro atoms. The fraction of sp³-hybridized carbons (Fsp3) is 0.889. The highest BCUT2D eigenvalue weighted by Crippen LogP contribution is 2.13. The minimum atomic E-state index is -1.96. The maximum Gasteiger partial charge on any atom is 0.305 e. The summed E-state index contributed by atoms with van der Waals surface area (Å²) >= 11 is 0. The van der Waals surface area contributed by atoms with Gasteiger partial charge >= 0.3 is 5.97 Å². The lowest BCUT2D eigenvalue weighted by Gasteiger charge is -2.28. The number of carbonyl (C=O) groups is 2. The Labute approximate surface area is 154 Å². The number of hydrogen-bond donors (Lipinski definition) is 5. The van der Waals surface area contributed by atoms with Crippen LogP contribution in [0.15, 0.2) is 0 Å². The van der Waals surface area contributed by atoms with Crippen molar-refractivity contribution in [2.24, 2.45) is 0 Å². The zero-order valence-corrected chi connectivity index (χ0v) is 15.7. The van der Waals surface area contributed by atoms with Gasteiger partial charge in [0.05, 0.1) is 0 Å². The molecule has 26 heavy (non-hydrogen) atoms. The van der Waals surface area contributed by atoms with E-state index in [1.54, 1.807) is 0 Å². The molecule has 0 aliphatic heterocycles. The fourth-order valence-corrected chi connectivity index (χ4v) is 2.37. The molecule has 8 nitrogen and oxygen atoms in total. The summed E-state index contributed by atoms with van der Waals surface area (Å²) in [5, 5.41) is 49.2. The molecule has 0 rings (SSSR count). The average molecular weight is 378 g/mol. The maximum atomic E-state index is 11.8. The molecular formula is C18H34O8. The third-order valence-electron chi connectivity index (χ3n) is 4.17. The molecule has 0 radical (unpaired) electrons. The molecule has 0 saturated heterocycles. The Morgan fingerprint density at radius 1 is 0.769 bits per heavy atom. The number of Topliss-reactive ketones (excluding diaryl/α,β-unsaturated/α-hetero) is 1. The van der Waals surface area contributed by atoms with Crippen LogP contribution in [0.1, 0.15) is 65.2 Å². The van der Waals surface area contributed by atoms with Crippen molar-refractivity contribution in [1.29, 1.82) is 0 Å². The molecule has 0 aliphatic rings. The molecule has 0 bridgehead atoms. The van der Waals surface area contributed by atoms with E-state index in [0.717, 1.165) is 25.7 Å². The van der Waals surface area contributed by atoms with Crippen molar-refractivity contribution in [3.05, 3.63) is 0 Å². The number of rotatable bonds is 15. The summed E-state index contributed by atoms with van der Waals surface area (Å²) in [4.78, 5) is 23.2. The normalized spacial score (nSPS) is 17.2. The van der Waals surface area contributed by atoms with Gasteiger partial charge in [-0.15, -0.1) is 0 Å². The average Bonchev–Trinajstić information content (AvgIpc) is 2.63. The van der Waals surface area contributed by atoms with Gasteiger partial charge in [-0.25, -0.2) is 0 Å². The van der Waals surface area contributed by atoms with Gasteiger partial charge in [0.1, 0.15) is 37.1 Å². The molecule has 0 saturated carbocycles. The predicted molar refractivity (Wildman–Crippen MR) is 94.3 cm³/mol. The van der Waals surface area contributed by atoms with Crippen LogP contribution in [0.3, 0.4) is 0 Å². The molecule has 0 fully saturated rings. The van der Waals surface area contributed by atoms with Crippen molar-refractivity contribution in [3.63, 3.8) is 0 Å². The highest BCUT2D eigenvalue weighted by atomic mass is 16.5. The van der Waals surface area contributed by atoms with E-state index in [-0.39, 0.29) is 12.8 Å². The second-order valence-corrected chi connectivity index (χ2v) is 6.55. The quantitative estimate of drug-likeness (QED) is 0.199. The van der Waals surface area contributed by atoms with E-state index in [1.807, 2.05) is 13.8 Å². The first-order chi connectivity index (χ1) is 12.3. The summed E-state index contributed by atoms with van der Waals surface area (Å²) in [5.41, 5.74) is 0. The van der Waals surface area contributed by atoms with Crippen LogP contribution in [-0.2, 0) is 14.3 Å². The summed E-state index contributed by atoms with van der Waals surface area (Å²) in [6, 6.07) is 0. The Balaban J connectivity index is 4.37. The first-order valence-electron chi connectivity index (χ1n) is 9.34. The summed E-state index contributed by atoms with van der Waals surface area (Å²) in [5.74, 6) is -1.18. The lowest BCUT2D eigenvalue weighted by Crippen LogP contribution is -2.52. The highest BCUT2D eigenvalue weighted by molar-refractivity contribution is 5.83. The predicted octanol–water partition coefficient (Wildman–Crippen LogP) is 0.0638. The van der Waals surface area contributed by atoms with E-state index >= 15 is 0 Å². The van der Waals surface area contributed by atoms with Gasteiger partial charge in [0.25, 0.3) is 0 Å². The van der Waals surface area contributed by atoms with E-state index in [1.165, 1.54) is 0 Å². The summed E-state index contributed by atoms with van der Waals surface area (Å²) in [6.45, 7) is 3.38. The van der Waals surface area contributed by atoms with Gasteiger partial charge in [-0.1, -0.05) is 39.5 Å². The third kappa shape index (κ3) is 9.59. The van der Waals surface area contributed by atoms with Crippen LogP contribution >= 0.6 is 0 Å². The molecule has 5 atom stereocenters. The number of esters is 1. The van der Waals surface area contributed by atoms with E-state index in [4.69, 9.17) is 4.74 Å². The van der Waals surface area contributed by atoms with Crippen molar-refractivity contribution in [1.82, 2.24) is 0 Å². The van der Waals surface area contributed by atoms with Crippen LogP contribution in [0.2, 0.25) is 0 Å². The molecule has 0 aromatic rings. The van der Waals surface area contributed by atoms with E-state index in [0.29, 0.717) is 12.8 Å². The number of hydrogen-bond acceptors (Lipinski definition) is 8. The van der Waals surface area contributed by atoms with Crippen molar-refractivity contribution >= 4 is 11.8 Å². The summed E-state index contributed by atoms with van der Waals surface area (Å²) in [6.07, 6.45) is -4.38. The van der Waals surface area contributed by atoms with Gasteiger partial charge < -0.3 is 30.3 Å². The lowest BCUT2D eigenvalue weighted by molar-refractivity contribution is -0.163. The topological polar surface area (TPSA) is 145 Å². The van der Waals surface area contributed by atoms with Crippen molar-refractivity contribution in [2.75, 3.05) is 6.61 Å². The smallest absolute Gasteiger partial charge is 0.305 e. The zero-order chi connectivity index (χ0) is 20.1. The number of ether oxygens (including phenoxy) is 1. The number of aliphatic hydroxyl groups is 5. The molecule has 5 N–H and O–H groups in total. The van der Waals surface area contributed by atoms with Gasteiger partial charge in [-0.3, -0.25) is 9.59 Å². The second kappa shape index (κ2) is 14.1. The Kier molecular flexibility index (Phi) is 13.5. The van der Waals surface area contributed by atoms with Crippen LogP contribution in [-0.4, -0.2) is 74.4 Å². The number of aliphatic hydroxyl groups excluding tert-OH is 5. The van der Waals surface area contributed by atoms with E-state index < -0.39 is 48.9 Å². The maximum absolute atomic E-state index is 11.8. The Hall–Kier alpha value is -1.06. The zero-order valence-electron chi connectivity index (χ0n) is 15.7.